The largest absolute Gasteiger partial charge is 0.478 e. The lowest BCUT2D eigenvalue weighted by Crippen LogP contribution is -2.15. The van der Waals surface area contributed by atoms with Crippen LogP contribution in [-0.4, -0.2) is 36.7 Å². The van der Waals surface area contributed by atoms with Crippen LogP contribution in [-0.2, 0) is 14.6 Å². The van der Waals surface area contributed by atoms with Crippen LogP contribution in [0.25, 0.3) is 0 Å². The van der Waals surface area contributed by atoms with Crippen LogP contribution in [0.15, 0.2) is 23.1 Å². The highest BCUT2D eigenvalue weighted by atomic mass is 32.2. The first-order valence-electron chi connectivity index (χ1n) is 5.96. The Morgan fingerprint density at radius 1 is 1.15 bits per heavy atom. The second-order valence-corrected chi connectivity index (χ2v) is 6.38. The van der Waals surface area contributed by atoms with Gasteiger partial charge in [-0.1, -0.05) is 13.8 Å². The molecule has 1 rings (SSSR count). The number of benzene rings is 1. The average Bonchev–Trinajstić information content (AvgIpc) is 2.44. The smallest absolute Gasteiger partial charge is 0.335 e. The summed E-state index contributed by atoms with van der Waals surface area (Å²) in [6.45, 7) is 3.01. The number of carboxylic acids is 1. The molecule has 0 aliphatic heterocycles. The molecule has 0 amide bonds. The standard InChI is InChI=1S/C13H15NO5S/c1-3-11(15)12(14)8-5-9(13(16)17)7-10(6-8)20(18,19)4-2/h5-7,14H,3-4H2,1-2H3,(H,16,17). The minimum atomic E-state index is -3.61. The van der Waals surface area contributed by atoms with E-state index in [1.54, 1.807) is 6.92 Å². The van der Waals surface area contributed by atoms with Crippen molar-refractivity contribution >= 4 is 27.3 Å². The molecule has 1 aromatic rings. The highest BCUT2D eigenvalue weighted by molar-refractivity contribution is 7.91. The van der Waals surface area contributed by atoms with E-state index in [0.29, 0.717) is 0 Å². The molecular weight excluding hydrogens is 282 g/mol. The minimum Gasteiger partial charge on any atom is -0.478 e. The van der Waals surface area contributed by atoms with Gasteiger partial charge < -0.3 is 5.11 Å². The number of ketones is 1. The summed E-state index contributed by atoms with van der Waals surface area (Å²) in [7, 11) is -3.61. The van der Waals surface area contributed by atoms with Gasteiger partial charge in [0.05, 0.1) is 16.2 Å². The lowest BCUT2D eigenvalue weighted by molar-refractivity contribution is -0.112. The van der Waals surface area contributed by atoms with Gasteiger partial charge in [-0.15, -0.1) is 0 Å². The molecule has 0 heterocycles. The Balaban J connectivity index is 3.51. The van der Waals surface area contributed by atoms with Crippen molar-refractivity contribution in [1.29, 1.82) is 5.41 Å². The summed E-state index contributed by atoms with van der Waals surface area (Å²) >= 11 is 0. The Morgan fingerprint density at radius 3 is 2.15 bits per heavy atom. The number of carbonyl (C=O) groups is 2. The van der Waals surface area contributed by atoms with Crippen LogP contribution in [0.3, 0.4) is 0 Å². The number of nitrogens with one attached hydrogen (secondary N) is 1. The van der Waals surface area contributed by atoms with E-state index in [9.17, 15) is 18.0 Å². The molecule has 0 aliphatic carbocycles. The van der Waals surface area contributed by atoms with Gasteiger partial charge in [-0.25, -0.2) is 13.2 Å². The first-order valence-corrected chi connectivity index (χ1v) is 7.61. The fraction of sp³-hybridized carbons (Fsp3) is 0.308. The summed E-state index contributed by atoms with van der Waals surface area (Å²) < 4.78 is 23.7. The molecule has 0 atom stereocenters. The molecule has 0 saturated carbocycles. The van der Waals surface area contributed by atoms with E-state index in [-0.39, 0.29) is 33.9 Å². The Bertz CT molecular complexity index is 676. The van der Waals surface area contributed by atoms with Gasteiger partial charge in [0.2, 0.25) is 0 Å². The second-order valence-electron chi connectivity index (χ2n) is 4.11. The topological polar surface area (TPSA) is 112 Å². The van der Waals surface area contributed by atoms with Crippen LogP contribution in [0.2, 0.25) is 0 Å². The molecule has 0 aliphatic rings. The summed E-state index contributed by atoms with van der Waals surface area (Å²) in [5.74, 6) is -1.98. The molecular formula is C13H15NO5S. The van der Waals surface area contributed by atoms with Gasteiger partial charge in [-0.05, 0) is 18.2 Å². The van der Waals surface area contributed by atoms with Gasteiger partial charge in [-0.3, -0.25) is 10.2 Å². The van der Waals surface area contributed by atoms with E-state index in [1.165, 1.54) is 13.0 Å². The number of carboxylic acid groups (broad SMARTS) is 1. The molecule has 0 spiro atoms. The molecule has 0 bridgehead atoms. The number of Topliss-reactive ketones (excluding diaryl/α,β-unsaturated/α-hetero) is 1. The van der Waals surface area contributed by atoms with E-state index in [2.05, 4.69) is 0 Å². The second kappa shape index (κ2) is 5.96. The van der Waals surface area contributed by atoms with Crippen molar-refractivity contribution in [1.82, 2.24) is 0 Å². The van der Waals surface area contributed by atoms with Crippen molar-refractivity contribution in [2.75, 3.05) is 5.75 Å². The lowest BCUT2D eigenvalue weighted by atomic mass is 10.0. The molecule has 1 aromatic carbocycles. The summed E-state index contributed by atoms with van der Waals surface area (Å²) in [5.41, 5.74) is -0.643. The third-order valence-electron chi connectivity index (χ3n) is 2.78. The fourth-order valence-corrected chi connectivity index (χ4v) is 2.50. The van der Waals surface area contributed by atoms with Crippen molar-refractivity contribution in [3.8, 4) is 0 Å². The molecule has 20 heavy (non-hydrogen) atoms. The molecule has 0 aromatic heterocycles. The van der Waals surface area contributed by atoms with Gasteiger partial charge >= 0.3 is 5.97 Å². The highest BCUT2D eigenvalue weighted by Crippen LogP contribution is 2.18. The molecule has 108 valence electrons. The Morgan fingerprint density at radius 2 is 1.70 bits per heavy atom. The third-order valence-corrected chi connectivity index (χ3v) is 4.50. The zero-order valence-electron chi connectivity index (χ0n) is 11.1. The summed E-state index contributed by atoms with van der Waals surface area (Å²) in [6, 6.07) is 3.34. The van der Waals surface area contributed by atoms with E-state index in [0.717, 1.165) is 12.1 Å². The maximum atomic E-state index is 11.8. The van der Waals surface area contributed by atoms with Gasteiger partial charge in [0.25, 0.3) is 0 Å². The molecule has 7 heteroatoms. The van der Waals surface area contributed by atoms with Gasteiger partial charge in [-0.2, -0.15) is 0 Å². The lowest BCUT2D eigenvalue weighted by Gasteiger charge is -2.08. The molecule has 0 radical (unpaired) electrons. The van der Waals surface area contributed by atoms with Gasteiger partial charge in [0, 0.05) is 12.0 Å². The number of rotatable bonds is 6. The van der Waals surface area contributed by atoms with E-state index < -0.39 is 21.6 Å². The quantitative estimate of drug-likeness (QED) is 0.773. The number of hydrogen-bond acceptors (Lipinski definition) is 5. The first kappa shape index (κ1) is 16.0. The van der Waals surface area contributed by atoms with Crippen molar-refractivity contribution < 1.29 is 23.1 Å². The van der Waals surface area contributed by atoms with Crippen molar-refractivity contribution in [3.63, 3.8) is 0 Å². The normalized spacial score (nSPS) is 11.1. The number of aromatic carboxylic acids is 1. The summed E-state index contributed by atoms with van der Waals surface area (Å²) in [6.07, 6.45) is 0.0893. The fourth-order valence-electron chi connectivity index (χ4n) is 1.55. The zero-order valence-corrected chi connectivity index (χ0v) is 12.0. The highest BCUT2D eigenvalue weighted by Gasteiger charge is 2.19. The van der Waals surface area contributed by atoms with Crippen LogP contribution in [0, 0.1) is 5.41 Å². The van der Waals surface area contributed by atoms with Gasteiger partial charge in [0.1, 0.15) is 5.71 Å². The van der Waals surface area contributed by atoms with Crippen LogP contribution in [0.1, 0.15) is 36.2 Å². The molecule has 0 fully saturated rings. The molecule has 2 N–H and O–H groups in total. The van der Waals surface area contributed by atoms with Crippen LogP contribution in [0.5, 0.6) is 0 Å². The monoisotopic (exact) mass is 297 g/mol. The minimum absolute atomic E-state index is 0.00350. The van der Waals surface area contributed by atoms with Crippen LogP contribution in [0.4, 0.5) is 0 Å². The van der Waals surface area contributed by atoms with E-state index >= 15 is 0 Å². The maximum absolute atomic E-state index is 11.8. The van der Waals surface area contributed by atoms with Crippen molar-refractivity contribution in [2.24, 2.45) is 0 Å². The molecule has 6 nitrogen and oxygen atoms in total. The predicted octanol–water partition coefficient (Wildman–Crippen LogP) is 1.53. The Hall–Kier alpha value is -2.02. The van der Waals surface area contributed by atoms with Gasteiger partial charge in [0.15, 0.2) is 15.6 Å². The average molecular weight is 297 g/mol. The van der Waals surface area contributed by atoms with Crippen molar-refractivity contribution in [2.45, 2.75) is 25.2 Å². The molecule has 0 unspecified atom stereocenters. The summed E-state index contributed by atoms with van der Waals surface area (Å²) in [5, 5.41) is 16.7. The predicted molar refractivity (Wildman–Crippen MR) is 73.3 cm³/mol. The first-order chi connectivity index (χ1) is 9.22. The number of hydrogen-bond donors (Lipinski definition) is 2. The van der Waals surface area contributed by atoms with Crippen LogP contribution >= 0.6 is 0 Å². The molecule has 0 saturated heterocycles. The van der Waals surface area contributed by atoms with Crippen molar-refractivity contribution in [3.05, 3.63) is 29.3 Å². The third kappa shape index (κ3) is 3.30. The van der Waals surface area contributed by atoms with E-state index in [1.807, 2.05) is 0 Å². The van der Waals surface area contributed by atoms with Crippen LogP contribution < -0.4 is 0 Å². The van der Waals surface area contributed by atoms with E-state index in [4.69, 9.17) is 10.5 Å². The number of sulfone groups is 1. The number of carbonyl (C=O) groups excluding carboxylic acids is 1. The summed E-state index contributed by atoms with van der Waals surface area (Å²) in [4.78, 5) is 22.3. The SMILES string of the molecule is CCC(=O)C(=N)c1cc(C(=O)O)cc(S(=O)(=O)CC)c1. The Kier molecular flexibility index (Phi) is 4.78. The zero-order chi connectivity index (χ0) is 15.5. The Labute approximate surface area is 116 Å². The maximum Gasteiger partial charge on any atom is 0.335 e.